The number of hydrogen-bond acceptors (Lipinski definition) is 5. The Morgan fingerprint density at radius 1 is 1.38 bits per heavy atom. The minimum absolute atomic E-state index is 0.0324. The van der Waals surface area contributed by atoms with Gasteiger partial charge in [0.15, 0.2) is 0 Å². The summed E-state index contributed by atoms with van der Waals surface area (Å²) >= 11 is 1.67. The van der Waals surface area contributed by atoms with Gasteiger partial charge in [-0.3, -0.25) is 4.79 Å². The number of amides is 1. The highest BCUT2D eigenvalue weighted by atomic mass is 32.1. The molecular weight excluding hydrogens is 286 g/mol. The van der Waals surface area contributed by atoms with Gasteiger partial charge in [-0.1, -0.05) is 12.8 Å². The Hall–Kier alpha value is -0.980. The zero-order chi connectivity index (χ0) is 14.7. The average molecular weight is 309 g/mol. The summed E-state index contributed by atoms with van der Waals surface area (Å²) in [4.78, 5) is 16.2. The summed E-state index contributed by atoms with van der Waals surface area (Å²) in [5.74, 6) is -0.208. The molecular formula is C15H23N3O2S. The van der Waals surface area contributed by atoms with E-state index in [1.807, 2.05) is 0 Å². The molecule has 1 aliphatic heterocycles. The monoisotopic (exact) mass is 309 g/mol. The average Bonchev–Trinajstić information content (AvgIpc) is 3.16. The van der Waals surface area contributed by atoms with Crippen molar-refractivity contribution < 1.29 is 9.53 Å². The summed E-state index contributed by atoms with van der Waals surface area (Å²) < 4.78 is 5.66. The molecule has 3 rings (SSSR count). The first-order chi connectivity index (χ1) is 10.2. The molecule has 116 valence electrons. The van der Waals surface area contributed by atoms with Crippen LogP contribution in [0.3, 0.4) is 0 Å². The van der Waals surface area contributed by atoms with Crippen LogP contribution in [0.25, 0.3) is 0 Å². The molecule has 1 aromatic rings. The lowest BCUT2D eigenvalue weighted by atomic mass is 9.84. The third-order valence-electron chi connectivity index (χ3n) is 4.45. The van der Waals surface area contributed by atoms with Gasteiger partial charge >= 0.3 is 0 Å². The SMILES string of the molecule is NC(=O)C1CCCCC1NCc1csc(C2CCCO2)n1. The molecule has 3 unspecified atom stereocenters. The fraction of sp³-hybridized carbons (Fsp3) is 0.733. The lowest BCUT2D eigenvalue weighted by Crippen LogP contribution is -2.44. The largest absolute Gasteiger partial charge is 0.371 e. The molecule has 3 N–H and O–H groups in total. The van der Waals surface area contributed by atoms with E-state index in [2.05, 4.69) is 15.7 Å². The van der Waals surface area contributed by atoms with Gasteiger partial charge in [0, 0.05) is 24.6 Å². The van der Waals surface area contributed by atoms with Crippen LogP contribution >= 0.6 is 11.3 Å². The van der Waals surface area contributed by atoms with Crippen LogP contribution in [-0.4, -0.2) is 23.5 Å². The summed E-state index contributed by atoms with van der Waals surface area (Å²) in [6.45, 7) is 1.55. The van der Waals surface area contributed by atoms with Crippen molar-refractivity contribution in [3.05, 3.63) is 16.1 Å². The smallest absolute Gasteiger partial charge is 0.222 e. The Kier molecular flexibility index (Phi) is 4.87. The summed E-state index contributed by atoms with van der Waals surface area (Å²) in [6, 6.07) is 0.198. The molecule has 1 aliphatic carbocycles. The lowest BCUT2D eigenvalue weighted by molar-refractivity contribution is -0.123. The first-order valence-electron chi connectivity index (χ1n) is 7.82. The Balaban J connectivity index is 1.55. The Morgan fingerprint density at radius 2 is 2.24 bits per heavy atom. The molecule has 1 amide bonds. The number of nitrogens with one attached hydrogen (secondary N) is 1. The van der Waals surface area contributed by atoms with Crippen LogP contribution in [0.2, 0.25) is 0 Å². The third kappa shape index (κ3) is 3.62. The molecule has 3 atom stereocenters. The summed E-state index contributed by atoms with van der Waals surface area (Å²) in [5, 5.41) is 6.65. The van der Waals surface area contributed by atoms with Crippen LogP contribution in [0.5, 0.6) is 0 Å². The predicted octanol–water partition coefficient (Wildman–Crippen LogP) is 2.13. The highest BCUT2D eigenvalue weighted by Crippen LogP contribution is 2.31. The van der Waals surface area contributed by atoms with Crippen molar-refractivity contribution >= 4 is 17.2 Å². The summed E-state index contributed by atoms with van der Waals surface area (Å²) in [5.41, 5.74) is 6.55. The molecule has 6 heteroatoms. The van der Waals surface area contributed by atoms with E-state index in [4.69, 9.17) is 10.5 Å². The molecule has 21 heavy (non-hydrogen) atoms. The highest BCUT2D eigenvalue weighted by molar-refractivity contribution is 7.09. The van der Waals surface area contributed by atoms with Crippen molar-refractivity contribution in [1.29, 1.82) is 0 Å². The summed E-state index contributed by atoms with van der Waals surface area (Å²) in [7, 11) is 0. The van der Waals surface area contributed by atoms with Crippen molar-refractivity contribution in [2.75, 3.05) is 6.61 Å². The number of nitrogens with zero attached hydrogens (tertiary/aromatic N) is 1. The van der Waals surface area contributed by atoms with Gasteiger partial charge in [-0.05, 0) is 25.7 Å². The number of primary amides is 1. The maximum atomic E-state index is 11.5. The van der Waals surface area contributed by atoms with Crippen LogP contribution in [0.15, 0.2) is 5.38 Å². The van der Waals surface area contributed by atoms with Crippen molar-refractivity contribution in [2.24, 2.45) is 11.7 Å². The molecule has 2 fully saturated rings. The number of carbonyl (C=O) groups excluding carboxylic acids is 1. The van der Waals surface area contributed by atoms with Crippen LogP contribution in [-0.2, 0) is 16.1 Å². The number of hydrogen-bond donors (Lipinski definition) is 2. The second-order valence-electron chi connectivity index (χ2n) is 5.96. The maximum absolute atomic E-state index is 11.5. The number of nitrogens with two attached hydrogens (primary N) is 1. The highest BCUT2D eigenvalue weighted by Gasteiger charge is 2.29. The zero-order valence-corrected chi connectivity index (χ0v) is 13.0. The topological polar surface area (TPSA) is 77.2 Å². The first-order valence-corrected chi connectivity index (χ1v) is 8.70. The molecule has 0 bridgehead atoms. The van der Waals surface area contributed by atoms with Crippen molar-refractivity contribution in [1.82, 2.24) is 10.3 Å². The standard InChI is InChI=1S/C15H23N3O2S/c16-14(19)11-4-1-2-5-12(11)17-8-10-9-21-15(18-10)13-6-3-7-20-13/h9,11-13,17H,1-8H2,(H2,16,19). The normalized spacial score (nSPS) is 29.6. The van der Waals surface area contributed by atoms with Crippen molar-refractivity contribution in [2.45, 2.75) is 57.2 Å². The summed E-state index contributed by atoms with van der Waals surface area (Å²) in [6.07, 6.45) is 6.59. The fourth-order valence-corrected chi connectivity index (χ4v) is 4.18. The van der Waals surface area contributed by atoms with E-state index in [0.717, 1.165) is 49.4 Å². The van der Waals surface area contributed by atoms with E-state index in [0.29, 0.717) is 6.54 Å². The lowest BCUT2D eigenvalue weighted by Gasteiger charge is -2.29. The number of aromatic nitrogens is 1. The van der Waals surface area contributed by atoms with Gasteiger partial charge in [0.2, 0.25) is 5.91 Å². The van der Waals surface area contributed by atoms with Crippen molar-refractivity contribution in [3.8, 4) is 0 Å². The molecule has 5 nitrogen and oxygen atoms in total. The molecule has 1 saturated heterocycles. The van der Waals surface area contributed by atoms with Gasteiger partial charge < -0.3 is 15.8 Å². The van der Waals surface area contributed by atoms with Gasteiger partial charge in [-0.2, -0.15) is 0 Å². The molecule has 0 aromatic carbocycles. The van der Waals surface area contributed by atoms with E-state index in [9.17, 15) is 4.79 Å². The fourth-order valence-electron chi connectivity index (χ4n) is 3.28. The molecule has 2 aliphatic rings. The number of rotatable bonds is 5. The van der Waals surface area contributed by atoms with Crippen LogP contribution in [0, 0.1) is 5.92 Å². The van der Waals surface area contributed by atoms with Crippen molar-refractivity contribution in [3.63, 3.8) is 0 Å². The van der Waals surface area contributed by atoms with Crippen LogP contribution in [0.4, 0.5) is 0 Å². The predicted molar refractivity (Wildman–Crippen MR) is 81.8 cm³/mol. The van der Waals surface area contributed by atoms with Crippen LogP contribution in [0.1, 0.15) is 55.3 Å². The first kappa shape index (κ1) is 14.9. The quantitative estimate of drug-likeness (QED) is 0.873. The second kappa shape index (κ2) is 6.85. The van der Waals surface area contributed by atoms with Gasteiger partial charge in [-0.25, -0.2) is 4.98 Å². The molecule has 1 saturated carbocycles. The number of carbonyl (C=O) groups is 1. The van der Waals surface area contributed by atoms with Crippen LogP contribution < -0.4 is 11.1 Å². The molecule has 1 aromatic heterocycles. The van der Waals surface area contributed by atoms with Gasteiger partial charge in [0.25, 0.3) is 0 Å². The third-order valence-corrected chi connectivity index (χ3v) is 5.44. The Morgan fingerprint density at radius 3 is 3.00 bits per heavy atom. The van der Waals surface area contributed by atoms with Gasteiger partial charge in [0.05, 0.1) is 11.6 Å². The van der Waals surface area contributed by atoms with E-state index >= 15 is 0 Å². The minimum Gasteiger partial charge on any atom is -0.371 e. The maximum Gasteiger partial charge on any atom is 0.222 e. The van der Waals surface area contributed by atoms with E-state index < -0.39 is 0 Å². The van der Waals surface area contributed by atoms with Gasteiger partial charge in [-0.15, -0.1) is 11.3 Å². The number of ether oxygens (including phenoxy) is 1. The zero-order valence-electron chi connectivity index (χ0n) is 12.2. The second-order valence-corrected chi connectivity index (χ2v) is 6.85. The Bertz CT molecular complexity index is 485. The molecule has 0 spiro atoms. The van der Waals surface area contributed by atoms with E-state index in [1.165, 1.54) is 6.42 Å². The minimum atomic E-state index is -0.175. The number of thiazole rings is 1. The van der Waals surface area contributed by atoms with E-state index in [1.54, 1.807) is 11.3 Å². The Labute approximate surface area is 129 Å². The molecule has 0 radical (unpaired) electrons. The van der Waals surface area contributed by atoms with E-state index in [-0.39, 0.29) is 24.0 Å². The molecule has 2 heterocycles. The van der Waals surface area contributed by atoms with Gasteiger partial charge in [0.1, 0.15) is 11.1 Å².